The largest absolute Gasteiger partial charge is 0.379 e. The lowest BCUT2D eigenvalue weighted by molar-refractivity contribution is 0.0342. The molecule has 0 aliphatic carbocycles. The molecule has 1 heterocycles. The topological polar surface area (TPSA) is 53.9 Å². The molecule has 0 aromatic heterocycles. The minimum atomic E-state index is -0.200. The Morgan fingerprint density at radius 2 is 1.59 bits per heavy atom. The number of hydrogen-bond donors (Lipinski definition) is 1. The van der Waals surface area contributed by atoms with Crippen molar-refractivity contribution >= 4 is 11.6 Å². The molecule has 0 radical (unpaired) electrons. The molecule has 3 rings (SSSR count). The molecule has 1 amide bonds. The third-order valence-electron chi connectivity index (χ3n) is 5.22. The standard InChI is InChI=1S/C24H31N3O2/c1-18(20-9-11-22(12-10-20)24(2,3)4)25-26-23(28)21-7-5-19(6-8-21)17-27-13-15-29-16-14-27/h5-12H,13-17H2,1-4H3,(H,26,28)/b25-18+. The zero-order chi connectivity index (χ0) is 20.9. The van der Waals surface area contributed by atoms with Crippen molar-refractivity contribution in [3.8, 4) is 0 Å². The van der Waals surface area contributed by atoms with Gasteiger partial charge in [0.15, 0.2) is 0 Å². The second-order valence-electron chi connectivity index (χ2n) is 8.55. The normalized spacial score (nSPS) is 15.9. The van der Waals surface area contributed by atoms with Crippen LogP contribution in [0.1, 0.15) is 54.7 Å². The van der Waals surface area contributed by atoms with Gasteiger partial charge in [0, 0.05) is 25.2 Å². The van der Waals surface area contributed by atoms with E-state index in [1.54, 1.807) is 0 Å². The first kappa shape index (κ1) is 21.2. The van der Waals surface area contributed by atoms with E-state index in [4.69, 9.17) is 4.74 Å². The van der Waals surface area contributed by atoms with Gasteiger partial charge in [-0.3, -0.25) is 9.69 Å². The number of rotatable bonds is 5. The first-order valence-electron chi connectivity index (χ1n) is 10.2. The van der Waals surface area contributed by atoms with Crippen LogP contribution in [-0.4, -0.2) is 42.8 Å². The summed E-state index contributed by atoms with van der Waals surface area (Å²) in [6.07, 6.45) is 0. The molecule has 1 fully saturated rings. The molecule has 1 aliphatic rings. The molecule has 1 N–H and O–H groups in total. The summed E-state index contributed by atoms with van der Waals surface area (Å²) in [6.45, 7) is 12.8. The van der Waals surface area contributed by atoms with E-state index in [0.717, 1.165) is 44.1 Å². The maximum atomic E-state index is 12.4. The molecule has 29 heavy (non-hydrogen) atoms. The van der Waals surface area contributed by atoms with Gasteiger partial charge in [-0.2, -0.15) is 5.10 Å². The lowest BCUT2D eigenvalue weighted by atomic mass is 9.86. The van der Waals surface area contributed by atoms with Gasteiger partial charge in [-0.25, -0.2) is 5.43 Å². The third-order valence-corrected chi connectivity index (χ3v) is 5.22. The number of carbonyl (C=O) groups is 1. The van der Waals surface area contributed by atoms with E-state index in [9.17, 15) is 4.79 Å². The molecule has 5 heteroatoms. The predicted molar refractivity (Wildman–Crippen MR) is 117 cm³/mol. The smallest absolute Gasteiger partial charge is 0.271 e. The number of benzene rings is 2. The van der Waals surface area contributed by atoms with E-state index >= 15 is 0 Å². The molecule has 154 valence electrons. The van der Waals surface area contributed by atoms with Crippen molar-refractivity contribution < 1.29 is 9.53 Å². The zero-order valence-corrected chi connectivity index (χ0v) is 17.9. The van der Waals surface area contributed by atoms with Crippen LogP contribution in [-0.2, 0) is 16.7 Å². The van der Waals surface area contributed by atoms with Crippen LogP contribution in [0.15, 0.2) is 53.6 Å². The van der Waals surface area contributed by atoms with Crippen molar-refractivity contribution in [2.45, 2.75) is 39.7 Å². The molecule has 0 saturated carbocycles. The Morgan fingerprint density at radius 1 is 1.00 bits per heavy atom. The second kappa shape index (κ2) is 9.33. The van der Waals surface area contributed by atoms with Gasteiger partial charge in [0.2, 0.25) is 0 Å². The molecular formula is C24H31N3O2. The lowest BCUT2D eigenvalue weighted by Crippen LogP contribution is -2.35. The lowest BCUT2D eigenvalue weighted by Gasteiger charge is -2.26. The van der Waals surface area contributed by atoms with E-state index < -0.39 is 0 Å². The van der Waals surface area contributed by atoms with Crippen LogP contribution in [0.5, 0.6) is 0 Å². The van der Waals surface area contributed by atoms with Crippen LogP contribution in [0, 0.1) is 0 Å². The fraction of sp³-hybridized carbons (Fsp3) is 0.417. The Hall–Kier alpha value is -2.50. The maximum absolute atomic E-state index is 12.4. The first-order chi connectivity index (χ1) is 13.8. The quantitative estimate of drug-likeness (QED) is 0.618. The highest BCUT2D eigenvalue weighted by molar-refractivity contribution is 6.00. The molecule has 0 atom stereocenters. The van der Waals surface area contributed by atoms with Crippen LogP contribution < -0.4 is 5.43 Å². The number of nitrogens with one attached hydrogen (secondary N) is 1. The van der Waals surface area contributed by atoms with Gasteiger partial charge < -0.3 is 4.74 Å². The average Bonchev–Trinajstić information content (AvgIpc) is 2.72. The van der Waals surface area contributed by atoms with E-state index in [2.05, 4.69) is 48.3 Å². The van der Waals surface area contributed by atoms with Crippen molar-refractivity contribution in [1.82, 2.24) is 10.3 Å². The minimum absolute atomic E-state index is 0.117. The Bertz CT molecular complexity index is 843. The molecule has 2 aromatic carbocycles. The maximum Gasteiger partial charge on any atom is 0.271 e. The number of amides is 1. The number of nitrogens with zero attached hydrogens (tertiary/aromatic N) is 2. The van der Waals surface area contributed by atoms with Gasteiger partial charge >= 0.3 is 0 Å². The molecule has 0 bridgehead atoms. The summed E-state index contributed by atoms with van der Waals surface area (Å²) in [6, 6.07) is 16.0. The summed E-state index contributed by atoms with van der Waals surface area (Å²) < 4.78 is 5.38. The van der Waals surface area contributed by atoms with Crippen molar-refractivity contribution in [1.29, 1.82) is 0 Å². The van der Waals surface area contributed by atoms with Crippen molar-refractivity contribution in [3.05, 3.63) is 70.8 Å². The van der Waals surface area contributed by atoms with Crippen LogP contribution in [0.3, 0.4) is 0 Å². The van der Waals surface area contributed by atoms with Crippen LogP contribution in [0.2, 0.25) is 0 Å². The van der Waals surface area contributed by atoms with Crippen molar-refractivity contribution in [2.24, 2.45) is 5.10 Å². The number of ether oxygens (including phenoxy) is 1. The van der Waals surface area contributed by atoms with Gasteiger partial charge in [-0.1, -0.05) is 57.2 Å². The molecule has 0 unspecified atom stereocenters. The molecule has 2 aromatic rings. The third kappa shape index (κ3) is 5.99. The molecular weight excluding hydrogens is 362 g/mol. The fourth-order valence-corrected chi connectivity index (χ4v) is 3.25. The minimum Gasteiger partial charge on any atom is -0.379 e. The number of hydrazone groups is 1. The summed E-state index contributed by atoms with van der Waals surface area (Å²) in [4.78, 5) is 14.8. The van der Waals surface area contributed by atoms with Crippen LogP contribution in [0.4, 0.5) is 0 Å². The molecule has 1 aliphatic heterocycles. The van der Waals surface area contributed by atoms with Gasteiger partial charge in [-0.05, 0) is 41.2 Å². The Balaban J connectivity index is 1.57. The highest BCUT2D eigenvalue weighted by Crippen LogP contribution is 2.22. The van der Waals surface area contributed by atoms with E-state index in [1.807, 2.05) is 43.3 Å². The summed E-state index contributed by atoms with van der Waals surface area (Å²) in [5, 5.41) is 4.27. The van der Waals surface area contributed by atoms with Crippen molar-refractivity contribution in [2.75, 3.05) is 26.3 Å². The Kier molecular flexibility index (Phi) is 6.83. The van der Waals surface area contributed by atoms with Gasteiger partial charge in [0.05, 0.1) is 18.9 Å². The monoisotopic (exact) mass is 393 g/mol. The van der Waals surface area contributed by atoms with E-state index in [1.165, 1.54) is 11.1 Å². The summed E-state index contributed by atoms with van der Waals surface area (Å²) in [7, 11) is 0. The highest BCUT2D eigenvalue weighted by atomic mass is 16.5. The number of carbonyl (C=O) groups excluding carboxylic acids is 1. The fourth-order valence-electron chi connectivity index (χ4n) is 3.25. The van der Waals surface area contributed by atoms with Gasteiger partial charge in [0.25, 0.3) is 5.91 Å². The number of morpholine rings is 1. The summed E-state index contributed by atoms with van der Waals surface area (Å²) in [5.74, 6) is -0.200. The summed E-state index contributed by atoms with van der Waals surface area (Å²) in [5.41, 5.74) is 7.64. The van der Waals surface area contributed by atoms with E-state index in [0.29, 0.717) is 5.56 Å². The van der Waals surface area contributed by atoms with Gasteiger partial charge in [0.1, 0.15) is 0 Å². The SMILES string of the molecule is C/C(=N\NC(=O)c1ccc(CN2CCOCC2)cc1)c1ccc(C(C)(C)C)cc1. The van der Waals surface area contributed by atoms with E-state index in [-0.39, 0.29) is 11.3 Å². The Morgan fingerprint density at radius 3 is 2.17 bits per heavy atom. The number of hydrogen-bond acceptors (Lipinski definition) is 4. The molecule has 0 spiro atoms. The van der Waals surface area contributed by atoms with Crippen molar-refractivity contribution in [3.63, 3.8) is 0 Å². The van der Waals surface area contributed by atoms with Crippen LogP contribution >= 0.6 is 0 Å². The van der Waals surface area contributed by atoms with Crippen LogP contribution in [0.25, 0.3) is 0 Å². The first-order valence-corrected chi connectivity index (χ1v) is 10.2. The molecule has 5 nitrogen and oxygen atoms in total. The predicted octanol–water partition coefficient (Wildman–Crippen LogP) is 3.97. The Labute approximate surface area is 173 Å². The second-order valence-corrected chi connectivity index (χ2v) is 8.55. The summed E-state index contributed by atoms with van der Waals surface area (Å²) >= 11 is 0. The average molecular weight is 394 g/mol. The zero-order valence-electron chi connectivity index (χ0n) is 17.9. The molecule has 1 saturated heterocycles. The van der Waals surface area contributed by atoms with Gasteiger partial charge in [-0.15, -0.1) is 0 Å². The highest BCUT2D eigenvalue weighted by Gasteiger charge is 2.14.